The van der Waals surface area contributed by atoms with Gasteiger partial charge < -0.3 is 4.74 Å². The van der Waals surface area contributed by atoms with Crippen molar-refractivity contribution < 1.29 is 9.53 Å². The minimum atomic E-state index is -0.595. The molecule has 26 heavy (non-hydrogen) atoms. The molecule has 0 fully saturated rings. The van der Waals surface area contributed by atoms with E-state index in [1.807, 2.05) is 12.1 Å². The van der Waals surface area contributed by atoms with Crippen molar-refractivity contribution in [2.75, 3.05) is 0 Å². The lowest BCUT2D eigenvalue weighted by atomic mass is 9.86. The molecule has 2 rings (SSSR count). The molecule has 0 aromatic heterocycles. The SMILES string of the molecule is CC(C)(C)C(=O)C(C#N)=Cc1ccc(OCc2ccc(Cl)cc2Cl)cc1. The van der Waals surface area contributed by atoms with Gasteiger partial charge in [-0.05, 0) is 35.9 Å². The zero-order chi connectivity index (χ0) is 19.3. The lowest BCUT2D eigenvalue weighted by Gasteiger charge is -2.15. The first-order valence-corrected chi connectivity index (χ1v) is 8.79. The number of hydrogen-bond donors (Lipinski definition) is 0. The Morgan fingerprint density at radius 3 is 2.35 bits per heavy atom. The number of hydrogen-bond acceptors (Lipinski definition) is 3. The average Bonchev–Trinajstić information content (AvgIpc) is 2.58. The van der Waals surface area contributed by atoms with Crippen molar-refractivity contribution in [2.24, 2.45) is 5.41 Å². The maximum atomic E-state index is 12.2. The number of Topliss-reactive ketones (excluding diaryl/α,β-unsaturated/α-hetero) is 1. The number of rotatable bonds is 5. The molecule has 0 unspecified atom stereocenters. The molecule has 5 heteroatoms. The molecular formula is C21H19Cl2NO2. The molecule has 0 heterocycles. The molecule has 0 spiro atoms. The third-order valence-corrected chi connectivity index (χ3v) is 4.23. The molecular weight excluding hydrogens is 369 g/mol. The summed E-state index contributed by atoms with van der Waals surface area (Å²) >= 11 is 12.0. The quantitative estimate of drug-likeness (QED) is 0.460. The Hall–Kier alpha value is -2.28. The van der Waals surface area contributed by atoms with Gasteiger partial charge in [-0.3, -0.25) is 4.79 Å². The number of ether oxygens (including phenoxy) is 1. The van der Waals surface area contributed by atoms with E-state index in [1.165, 1.54) is 0 Å². The standard InChI is InChI=1S/C21H19Cl2NO2/c1-21(2,3)20(25)16(12-24)10-14-4-8-18(9-5-14)26-13-15-6-7-17(22)11-19(15)23/h4-11H,13H2,1-3H3. The van der Waals surface area contributed by atoms with Gasteiger partial charge >= 0.3 is 0 Å². The second kappa shape index (κ2) is 8.40. The first-order valence-electron chi connectivity index (χ1n) is 8.04. The predicted molar refractivity (Wildman–Crippen MR) is 105 cm³/mol. The minimum absolute atomic E-state index is 0.138. The lowest BCUT2D eigenvalue weighted by Crippen LogP contribution is -2.21. The maximum Gasteiger partial charge on any atom is 0.178 e. The van der Waals surface area contributed by atoms with E-state index in [0.717, 1.165) is 11.1 Å². The maximum absolute atomic E-state index is 12.2. The highest BCUT2D eigenvalue weighted by Gasteiger charge is 2.24. The Morgan fingerprint density at radius 1 is 1.15 bits per heavy atom. The van der Waals surface area contributed by atoms with Gasteiger partial charge in [-0.1, -0.05) is 62.2 Å². The Balaban J connectivity index is 2.09. The molecule has 3 nitrogen and oxygen atoms in total. The molecule has 0 N–H and O–H groups in total. The molecule has 0 radical (unpaired) electrons. The summed E-state index contributed by atoms with van der Waals surface area (Å²) in [7, 11) is 0. The van der Waals surface area contributed by atoms with Gasteiger partial charge in [-0.15, -0.1) is 0 Å². The van der Waals surface area contributed by atoms with Gasteiger partial charge in [-0.2, -0.15) is 5.26 Å². The molecule has 0 aliphatic heterocycles. The summed E-state index contributed by atoms with van der Waals surface area (Å²) in [6.45, 7) is 5.69. The highest BCUT2D eigenvalue weighted by atomic mass is 35.5. The molecule has 0 bridgehead atoms. The Bertz CT molecular complexity index is 872. The number of allylic oxidation sites excluding steroid dienone is 1. The molecule has 0 amide bonds. The van der Waals surface area contributed by atoms with Crippen LogP contribution in [0.5, 0.6) is 5.75 Å². The minimum Gasteiger partial charge on any atom is -0.489 e. The summed E-state index contributed by atoms with van der Waals surface area (Å²) in [5, 5.41) is 10.4. The van der Waals surface area contributed by atoms with E-state index in [0.29, 0.717) is 22.4 Å². The van der Waals surface area contributed by atoms with Crippen LogP contribution in [-0.2, 0) is 11.4 Å². The number of nitrogens with zero attached hydrogens (tertiary/aromatic N) is 1. The fourth-order valence-electron chi connectivity index (χ4n) is 2.18. The van der Waals surface area contributed by atoms with Gasteiger partial charge in [0.25, 0.3) is 0 Å². The number of ketones is 1. The van der Waals surface area contributed by atoms with Gasteiger partial charge in [0.2, 0.25) is 0 Å². The Kier molecular flexibility index (Phi) is 6.47. The van der Waals surface area contributed by atoms with Crippen LogP contribution in [0, 0.1) is 16.7 Å². The molecule has 0 aliphatic carbocycles. The third kappa shape index (κ3) is 5.36. The van der Waals surface area contributed by atoms with E-state index < -0.39 is 5.41 Å². The summed E-state index contributed by atoms with van der Waals surface area (Å²) in [5.74, 6) is 0.478. The summed E-state index contributed by atoms with van der Waals surface area (Å²) in [6, 6.07) is 14.4. The number of carbonyl (C=O) groups excluding carboxylic acids is 1. The molecule has 0 saturated heterocycles. The summed E-state index contributed by atoms with van der Waals surface area (Å²) in [6.07, 6.45) is 1.59. The lowest BCUT2D eigenvalue weighted by molar-refractivity contribution is -0.121. The van der Waals surface area contributed by atoms with E-state index >= 15 is 0 Å². The van der Waals surface area contributed by atoms with Crippen molar-refractivity contribution in [3.63, 3.8) is 0 Å². The van der Waals surface area contributed by atoms with E-state index in [-0.39, 0.29) is 11.4 Å². The molecule has 2 aromatic rings. The number of halogens is 2. The van der Waals surface area contributed by atoms with E-state index in [2.05, 4.69) is 0 Å². The second-order valence-electron chi connectivity index (χ2n) is 6.84. The van der Waals surface area contributed by atoms with E-state index in [4.69, 9.17) is 27.9 Å². The third-order valence-electron chi connectivity index (χ3n) is 3.65. The Morgan fingerprint density at radius 2 is 1.81 bits per heavy atom. The first kappa shape index (κ1) is 20.0. The first-order chi connectivity index (χ1) is 12.2. The fourth-order valence-corrected chi connectivity index (χ4v) is 2.64. The van der Waals surface area contributed by atoms with Crippen molar-refractivity contribution in [1.82, 2.24) is 0 Å². The zero-order valence-corrected chi connectivity index (χ0v) is 16.4. The highest BCUT2D eigenvalue weighted by Crippen LogP contribution is 2.24. The van der Waals surface area contributed by atoms with Gasteiger partial charge in [0.1, 0.15) is 18.4 Å². The van der Waals surface area contributed by atoms with Gasteiger partial charge in [0.15, 0.2) is 5.78 Å². The van der Waals surface area contributed by atoms with Gasteiger partial charge in [-0.25, -0.2) is 0 Å². The summed E-state index contributed by atoms with van der Waals surface area (Å²) in [4.78, 5) is 12.2. The second-order valence-corrected chi connectivity index (χ2v) is 7.69. The smallest absolute Gasteiger partial charge is 0.178 e. The van der Waals surface area contributed by atoms with Crippen LogP contribution in [0.2, 0.25) is 10.0 Å². The number of nitriles is 1. The van der Waals surface area contributed by atoms with Crippen molar-refractivity contribution >= 4 is 35.1 Å². The van der Waals surface area contributed by atoms with Crippen LogP contribution in [0.1, 0.15) is 31.9 Å². The topological polar surface area (TPSA) is 50.1 Å². The molecule has 2 aromatic carbocycles. The largest absolute Gasteiger partial charge is 0.489 e. The van der Waals surface area contributed by atoms with Crippen LogP contribution in [0.3, 0.4) is 0 Å². The van der Waals surface area contributed by atoms with Crippen LogP contribution in [0.4, 0.5) is 0 Å². The molecule has 134 valence electrons. The summed E-state index contributed by atoms with van der Waals surface area (Å²) < 4.78 is 5.72. The fraction of sp³-hybridized carbons (Fsp3) is 0.238. The van der Waals surface area contributed by atoms with Crippen molar-refractivity contribution in [3.05, 3.63) is 69.2 Å². The van der Waals surface area contributed by atoms with Crippen molar-refractivity contribution in [1.29, 1.82) is 5.26 Å². The van der Waals surface area contributed by atoms with Crippen molar-refractivity contribution in [3.8, 4) is 11.8 Å². The Labute approximate surface area is 163 Å². The normalized spacial score (nSPS) is 11.8. The van der Waals surface area contributed by atoms with Gasteiger partial charge in [0.05, 0.1) is 5.57 Å². The van der Waals surface area contributed by atoms with Crippen LogP contribution < -0.4 is 4.74 Å². The van der Waals surface area contributed by atoms with E-state index in [1.54, 1.807) is 63.2 Å². The summed E-state index contributed by atoms with van der Waals surface area (Å²) in [5.41, 5.74) is 1.14. The van der Waals surface area contributed by atoms with Crippen LogP contribution in [0.25, 0.3) is 6.08 Å². The predicted octanol–water partition coefficient (Wildman–Crippen LogP) is 6.09. The average molecular weight is 388 g/mol. The van der Waals surface area contributed by atoms with Gasteiger partial charge in [0, 0.05) is 21.0 Å². The molecule has 0 atom stereocenters. The molecule has 0 aliphatic rings. The van der Waals surface area contributed by atoms with E-state index in [9.17, 15) is 10.1 Å². The zero-order valence-electron chi connectivity index (χ0n) is 14.8. The van der Waals surface area contributed by atoms with Crippen LogP contribution in [0.15, 0.2) is 48.0 Å². The van der Waals surface area contributed by atoms with Crippen molar-refractivity contribution in [2.45, 2.75) is 27.4 Å². The number of benzene rings is 2. The molecule has 0 saturated carbocycles. The van der Waals surface area contributed by atoms with Crippen LogP contribution in [-0.4, -0.2) is 5.78 Å². The number of carbonyl (C=O) groups is 1. The monoisotopic (exact) mass is 387 g/mol. The van der Waals surface area contributed by atoms with Crippen LogP contribution >= 0.6 is 23.2 Å². The highest BCUT2D eigenvalue weighted by molar-refractivity contribution is 6.35.